The molecular formula is C20H17N5O3S3. The molecule has 3 aromatic heterocycles. The highest BCUT2D eigenvalue weighted by Gasteiger charge is 2.22. The first-order chi connectivity index (χ1) is 15.1. The van der Waals surface area contributed by atoms with Gasteiger partial charge in [-0.15, -0.1) is 22.7 Å². The Labute approximate surface area is 190 Å². The van der Waals surface area contributed by atoms with Crippen molar-refractivity contribution in [3.63, 3.8) is 0 Å². The maximum absolute atomic E-state index is 12.9. The minimum Gasteiger partial charge on any atom is -0.486 e. The molecule has 0 bridgehead atoms. The summed E-state index contributed by atoms with van der Waals surface area (Å²) in [6.45, 7) is 2.86. The first-order valence-electron chi connectivity index (χ1n) is 9.47. The van der Waals surface area contributed by atoms with Crippen LogP contribution in [0.2, 0.25) is 0 Å². The van der Waals surface area contributed by atoms with Gasteiger partial charge in [0.25, 0.3) is 0 Å². The number of hydrogen-bond acceptors (Lipinski definition) is 8. The number of hydrogen-bond donors (Lipinski definition) is 2. The molecule has 11 heteroatoms. The highest BCUT2D eigenvalue weighted by Crippen LogP contribution is 2.35. The molecule has 0 radical (unpaired) electrons. The van der Waals surface area contributed by atoms with Crippen LogP contribution < -0.4 is 14.8 Å². The molecule has 1 aromatic carbocycles. The minimum absolute atomic E-state index is 0.224. The molecule has 31 heavy (non-hydrogen) atoms. The van der Waals surface area contributed by atoms with Crippen LogP contribution in [0.4, 0.5) is 5.13 Å². The Morgan fingerprint density at radius 3 is 2.90 bits per heavy atom. The minimum atomic E-state index is -0.565. The van der Waals surface area contributed by atoms with Crippen molar-refractivity contribution in [2.45, 2.75) is 13.0 Å². The third-order valence-electron chi connectivity index (χ3n) is 4.78. The van der Waals surface area contributed by atoms with Crippen LogP contribution in [0.15, 0.2) is 41.1 Å². The van der Waals surface area contributed by atoms with E-state index in [1.807, 2.05) is 41.1 Å². The Balaban J connectivity index is 1.35. The molecule has 1 unspecified atom stereocenters. The van der Waals surface area contributed by atoms with Crippen molar-refractivity contribution in [3.8, 4) is 33.5 Å². The van der Waals surface area contributed by atoms with E-state index in [9.17, 15) is 4.79 Å². The SMILES string of the molecule is CC(C(=O)Nc1nc(-c2ccc3c(c2)OCCO3)cs1)n1c(-c2cccs2)n[nH]c1=S. The number of ether oxygens (including phenoxy) is 2. The summed E-state index contributed by atoms with van der Waals surface area (Å²) in [5, 5.41) is 14.3. The second-order valence-electron chi connectivity index (χ2n) is 6.76. The van der Waals surface area contributed by atoms with Gasteiger partial charge < -0.3 is 14.8 Å². The van der Waals surface area contributed by atoms with E-state index in [4.69, 9.17) is 21.7 Å². The highest BCUT2D eigenvalue weighted by atomic mass is 32.1. The largest absolute Gasteiger partial charge is 0.486 e. The number of nitrogens with zero attached hydrogens (tertiary/aromatic N) is 3. The van der Waals surface area contributed by atoms with Gasteiger partial charge in [-0.25, -0.2) is 4.98 Å². The summed E-state index contributed by atoms with van der Waals surface area (Å²) in [6.07, 6.45) is 0. The smallest absolute Gasteiger partial charge is 0.249 e. The number of amides is 1. The lowest BCUT2D eigenvalue weighted by Crippen LogP contribution is -2.24. The van der Waals surface area contributed by atoms with Crippen LogP contribution in [0.25, 0.3) is 22.0 Å². The number of aromatic nitrogens is 4. The lowest BCUT2D eigenvalue weighted by molar-refractivity contribution is -0.118. The second-order valence-corrected chi connectivity index (χ2v) is 8.95. The van der Waals surface area contributed by atoms with Crippen molar-refractivity contribution < 1.29 is 14.3 Å². The molecule has 2 N–H and O–H groups in total. The summed E-state index contributed by atoms with van der Waals surface area (Å²) in [5.74, 6) is 1.84. The van der Waals surface area contributed by atoms with Crippen molar-refractivity contribution in [2.24, 2.45) is 0 Å². The number of anilines is 1. The average molecular weight is 472 g/mol. The molecule has 1 aliphatic heterocycles. The van der Waals surface area contributed by atoms with E-state index in [2.05, 4.69) is 20.5 Å². The van der Waals surface area contributed by atoms with Crippen molar-refractivity contribution in [3.05, 3.63) is 45.9 Å². The van der Waals surface area contributed by atoms with Gasteiger partial charge in [0.15, 0.2) is 27.2 Å². The monoisotopic (exact) mass is 471 g/mol. The first kappa shape index (κ1) is 19.9. The number of carbonyl (C=O) groups excluding carboxylic acids is 1. The molecule has 4 heterocycles. The van der Waals surface area contributed by atoms with Gasteiger partial charge in [-0.2, -0.15) is 5.10 Å². The zero-order chi connectivity index (χ0) is 21.4. The summed E-state index contributed by atoms with van der Waals surface area (Å²) in [5.41, 5.74) is 1.65. The van der Waals surface area contributed by atoms with Gasteiger partial charge in [0.1, 0.15) is 19.3 Å². The van der Waals surface area contributed by atoms with Gasteiger partial charge in [-0.05, 0) is 48.8 Å². The molecule has 5 rings (SSSR count). The van der Waals surface area contributed by atoms with E-state index in [0.29, 0.717) is 34.7 Å². The molecule has 1 atom stereocenters. The number of thiophene rings is 1. The van der Waals surface area contributed by atoms with Crippen molar-refractivity contribution in [2.75, 3.05) is 18.5 Å². The van der Waals surface area contributed by atoms with E-state index in [0.717, 1.165) is 21.9 Å². The number of fused-ring (bicyclic) bond motifs is 1. The maximum Gasteiger partial charge on any atom is 0.249 e. The van der Waals surface area contributed by atoms with Crippen LogP contribution in [-0.4, -0.2) is 38.9 Å². The Kier molecular flexibility index (Phi) is 5.30. The molecular weight excluding hydrogens is 454 g/mol. The van der Waals surface area contributed by atoms with E-state index in [1.54, 1.807) is 11.5 Å². The van der Waals surface area contributed by atoms with Gasteiger partial charge in [-0.3, -0.25) is 14.5 Å². The molecule has 158 valence electrons. The molecule has 0 saturated heterocycles. The van der Waals surface area contributed by atoms with Crippen LogP contribution in [0.5, 0.6) is 11.5 Å². The summed E-state index contributed by atoms with van der Waals surface area (Å²) < 4.78 is 13.3. The molecule has 0 saturated carbocycles. The Morgan fingerprint density at radius 1 is 1.26 bits per heavy atom. The summed E-state index contributed by atoms with van der Waals surface area (Å²) in [6, 6.07) is 9.00. The molecule has 0 aliphatic carbocycles. The molecule has 8 nitrogen and oxygen atoms in total. The van der Waals surface area contributed by atoms with Gasteiger partial charge in [0, 0.05) is 10.9 Å². The van der Waals surface area contributed by atoms with Gasteiger partial charge >= 0.3 is 0 Å². The Morgan fingerprint density at radius 2 is 2.10 bits per heavy atom. The lowest BCUT2D eigenvalue weighted by Gasteiger charge is -2.18. The maximum atomic E-state index is 12.9. The van der Waals surface area contributed by atoms with E-state index < -0.39 is 6.04 Å². The second kappa shape index (κ2) is 8.25. The predicted octanol–water partition coefficient (Wildman–Crippen LogP) is 4.76. The molecule has 4 aromatic rings. The molecule has 0 spiro atoms. The van der Waals surface area contributed by atoms with Gasteiger partial charge in [0.2, 0.25) is 5.91 Å². The van der Waals surface area contributed by atoms with Crippen LogP contribution in [0.3, 0.4) is 0 Å². The third kappa shape index (κ3) is 3.87. The fraction of sp³-hybridized carbons (Fsp3) is 0.200. The van der Waals surface area contributed by atoms with Crippen molar-refractivity contribution >= 4 is 45.9 Å². The summed E-state index contributed by atoms with van der Waals surface area (Å²) in [4.78, 5) is 18.4. The summed E-state index contributed by atoms with van der Waals surface area (Å²) >= 11 is 8.25. The Bertz CT molecular complexity index is 1290. The van der Waals surface area contributed by atoms with E-state index >= 15 is 0 Å². The number of nitrogens with one attached hydrogen (secondary N) is 2. The summed E-state index contributed by atoms with van der Waals surface area (Å²) in [7, 11) is 0. The lowest BCUT2D eigenvalue weighted by atomic mass is 10.1. The molecule has 1 amide bonds. The number of H-pyrrole nitrogens is 1. The number of aromatic amines is 1. The van der Waals surface area contributed by atoms with Gasteiger partial charge in [0.05, 0.1) is 10.6 Å². The van der Waals surface area contributed by atoms with Crippen LogP contribution in [-0.2, 0) is 4.79 Å². The van der Waals surface area contributed by atoms with Crippen LogP contribution in [0.1, 0.15) is 13.0 Å². The highest BCUT2D eigenvalue weighted by molar-refractivity contribution is 7.71. The van der Waals surface area contributed by atoms with Crippen LogP contribution >= 0.6 is 34.9 Å². The van der Waals surface area contributed by atoms with Crippen LogP contribution in [0, 0.1) is 4.77 Å². The van der Waals surface area contributed by atoms with E-state index in [1.165, 1.54) is 22.7 Å². The Hall–Kier alpha value is -3.02. The number of carbonyl (C=O) groups is 1. The molecule has 0 fully saturated rings. The fourth-order valence-electron chi connectivity index (χ4n) is 3.24. The first-order valence-corrected chi connectivity index (χ1v) is 11.6. The standard InChI is InChI=1S/C20H17N5O3S3/c1-11(25-17(23-24-20(25)29)16-3-2-8-30-16)18(26)22-19-21-13(10-31-19)12-4-5-14-15(9-12)28-7-6-27-14/h2-5,8-11H,6-7H2,1H3,(H,24,29)(H,21,22,26). The number of rotatable bonds is 5. The zero-order valence-electron chi connectivity index (χ0n) is 16.3. The number of thiazole rings is 1. The normalized spacial score (nSPS) is 13.7. The average Bonchev–Trinajstić information content (AvgIpc) is 3.54. The number of benzene rings is 1. The zero-order valence-corrected chi connectivity index (χ0v) is 18.8. The van der Waals surface area contributed by atoms with E-state index in [-0.39, 0.29) is 5.91 Å². The third-order valence-corrected chi connectivity index (χ3v) is 6.70. The molecule has 1 aliphatic rings. The predicted molar refractivity (Wildman–Crippen MR) is 123 cm³/mol. The van der Waals surface area contributed by atoms with Gasteiger partial charge in [-0.1, -0.05) is 6.07 Å². The quantitative estimate of drug-likeness (QED) is 0.408. The van der Waals surface area contributed by atoms with Crippen molar-refractivity contribution in [1.82, 2.24) is 19.7 Å². The van der Waals surface area contributed by atoms with Crippen molar-refractivity contribution in [1.29, 1.82) is 0 Å². The fourth-order valence-corrected chi connectivity index (χ4v) is 4.96. The topological polar surface area (TPSA) is 94.1 Å².